The molecule has 0 saturated carbocycles. The average Bonchev–Trinajstić information content (AvgIpc) is 2.25. The van der Waals surface area contributed by atoms with Gasteiger partial charge in [0.05, 0.1) is 0 Å². The fraction of sp³-hybridized carbons (Fsp3) is 0.143. The highest BCUT2D eigenvalue weighted by atomic mass is 79.9. The van der Waals surface area contributed by atoms with Gasteiger partial charge >= 0.3 is 0 Å². The van der Waals surface area contributed by atoms with Gasteiger partial charge in [-0.2, -0.15) is 0 Å². The van der Waals surface area contributed by atoms with E-state index in [1.165, 1.54) is 0 Å². The summed E-state index contributed by atoms with van der Waals surface area (Å²) in [6.07, 6.45) is 0.619. The van der Waals surface area contributed by atoms with E-state index in [1.807, 2.05) is 43.3 Å². The molecule has 0 radical (unpaired) electrons. The monoisotopic (exact) mass is 278 g/mol. The van der Waals surface area contributed by atoms with E-state index in [9.17, 15) is 4.39 Å². The fourth-order valence-corrected chi connectivity index (χ4v) is 2.07. The molecule has 0 fully saturated rings. The summed E-state index contributed by atoms with van der Waals surface area (Å²) in [7, 11) is 0. The molecule has 16 heavy (non-hydrogen) atoms. The van der Waals surface area contributed by atoms with Crippen molar-refractivity contribution in [3.63, 3.8) is 0 Å². The maximum atomic E-state index is 13.7. The largest absolute Gasteiger partial charge is 0.207 e. The minimum absolute atomic E-state index is 0.129. The lowest BCUT2D eigenvalue weighted by molar-refractivity contribution is 0.612. The van der Waals surface area contributed by atoms with Crippen LogP contribution >= 0.6 is 15.9 Å². The molecule has 0 unspecified atom stereocenters. The third kappa shape index (κ3) is 2.50. The number of hydrogen-bond acceptors (Lipinski definition) is 0. The molecule has 0 nitrogen and oxygen atoms in total. The Hall–Kier alpha value is -1.15. The van der Waals surface area contributed by atoms with E-state index in [4.69, 9.17) is 0 Å². The SMILES string of the molecule is Cc1ccc(Cc2ccccc2Br)c(F)c1. The third-order valence-electron chi connectivity index (χ3n) is 2.55. The number of halogens is 2. The Morgan fingerprint density at radius 3 is 2.50 bits per heavy atom. The third-order valence-corrected chi connectivity index (χ3v) is 3.32. The van der Waals surface area contributed by atoms with Crippen molar-refractivity contribution in [2.75, 3.05) is 0 Å². The Labute approximate surface area is 103 Å². The quantitative estimate of drug-likeness (QED) is 0.760. The zero-order chi connectivity index (χ0) is 11.5. The van der Waals surface area contributed by atoms with E-state index >= 15 is 0 Å². The molecule has 0 N–H and O–H groups in total. The van der Waals surface area contributed by atoms with E-state index in [1.54, 1.807) is 6.07 Å². The second-order valence-corrected chi connectivity index (χ2v) is 4.72. The van der Waals surface area contributed by atoms with Gasteiger partial charge in [-0.05, 0) is 35.7 Å². The first-order chi connectivity index (χ1) is 7.66. The predicted octanol–water partition coefficient (Wildman–Crippen LogP) is 4.49. The first kappa shape index (κ1) is 11.3. The number of rotatable bonds is 2. The van der Waals surface area contributed by atoms with Crippen LogP contribution in [0, 0.1) is 12.7 Å². The van der Waals surface area contributed by atoms with Gasteiger partial charge < -0.3 is 0 Å². The molecular formula is C14H12BrF. The van der Waals surface area contributed by atoms with Gasteiger partial charge in [0.15, 0.2) is 0 Å². The Kier molecular flexibility index (Phi) is 3.39. The average molecular weight is 279 g/mol. The highest BCUT2D eigenvalue weighted by Crippen LogP contribution is 2.21. The van der Waals surface area contributed by atoms with Crippen LogP contribution in [0.25, 0.3) is 0 Å². The van der Waals surface area contributed by atoms with Gasteiger partial charge in [0.25, 0.3) is 0 Å². The van der Waals surface area contributed by atoms with Crippen LogP contribution in [0.1, 0.15) is 16.7 Å². The maximum Gasteiger partial charge on any atom is 0.126 e. The first-order valence-corrected chi connectivity index (χ1v) is 5.94. The normalized spacial score (nSPS) is 10.4. The van der Waals surface area contributed by atoms with E-state index in [0.29, 0.717) is 6.42 Å². The van der Waals surface area contributed by atoms with Crippen molar-refractivity contribution in [3.05, 3.63) is 69.4 Å². The van der Waals surface area contributed by atoms with Gasteiger partial charge in [-0.1, -0.05) is 46.3 Å². The molecule has 0 saturated heterocycles. The van der Waals surface area contributed by atoms with Crippen molar-refractivity contribution in [1.82, 2.24) is 0 Å². The molecule has 0 aliphatic heterocycles. The number of aryl methyl sites for hydroxylation is 1. The lowest BCUT2D eigenvalue weighted by Gasteiger charge is -2.06. The minimum atomic E-state index is -0.129. The fourth-order valence-electron chi connectivity index (χ4n) is 1.64. The Morgan fingerprint density at radius 1 is 1.06 bits per heavy atom. The summed E-state index contributed by atoms with van der Waals surface area (Å²) < 4.78 is 14.7. The molecule has 0 amide bonds. The second kappa shape index (κ2) is 4.79. The summed E-state index contributed by atoms with van der Waals surface area (Å²) in [5.41, 5.74) is 2.79. The van der Waals surface area contributed by atoms with Gasteiger partial charge in [-0.25, -0.2) is 4.39 Å². The zero-order valence-electron chi connectivity index (χ0n) is 9.00. The number of hydrogen-bond donors (Lipinski definition) is 0. The maximum absolute atomic E-state index is 13.7. The van der Waals surface area contributed by atoms with Crippen LogP contribution in [0.4, 0.5) is 4.39 Å². The molecule has 2 heteroatoms. The molecule has 0 atom stereocenters. The highest BCUT2D eigenvalue weighted by molar-refractivity contribution is 9.10. The Morgan fingerprint density at radius 2 is 1.81 bits per heavy atom. The highest BCUT2D eigenvalue weighted by Gasteiger charge is 2.05. The van der Waals surface area contributed by atoms with Crippen molar-refractivity contribution >= 4 is 15.9 Å². The number of benzene rings is 2. The molecule has 2 aromatic rings. The molecule has 2 rings (SSSR count). The van der Waals surface area contributed by atoms with Crippen LogP contribution < -0.4 is 0 Å². The lowest BCUT2D eigenvalue weighted by Crippen LogP contribution is -1.94. The van der Waals surface area contributed by atoms with Crippen LogP contribution in [-0.4, -0.2) is 0 Å². The van der Waals surface area contributed by atoms with Crippen molar-refractivity contribution < 1.29 is 4.39 Å². The van der Waals surface area contributed by atoms with Gasteiger partial charge in [0.1, 0.15) is 5.82 Å². The Bertz CT molecular complexity index is 506. The predicted molar refractivity (Wildman–Crippen MR) is 68.1 cm³/mol. The Balaban J connectivity index is 2.31. The molecule has 0 spiro atoms. The van der Waals surface area contributed by atoms with Crippen LogP contribution in [0.5, 0.6) is 0 Å². The van der Waals surface area contributed by atoms with Crippen molar-refractivity contribution in [3.8, 4) is 0 Å². The first-order valence-electron chi connectivity index (χ1n) is 5.15. The van der Waals surface area contributed by atoms with Crippen LogP contribution in [0.3, 0.4) is 0 Å². The summed E-state index contributed by atoms with van der Waals surface area (Å²) >= 11 is 3.47. The van der Waals surface area contributed by atoms with E-state index < -0.39 is 0 Å². The van der Waals surface area contributed by atoms with Crippen LogP contribution in [0.2, 0.25) is 0 Å². The van der Waals surface area contributed by atoms with Crippen LogP contribution in [-0.2, 0) is 6.42 Å². The summed E-state index contributed by atoms with van der Waals surface area (Å²) in [4.78, 5) is 0. The van der Waals surface area contributed by atoms with E-state index in [0.717, 1.165) is 21.2 Å². The van der Waals surface area contributed by atoms with Gasteiger partial charge in [-0.3, -0.25) is 0 Å². The minimum Gasteiger partial charge on any atom is -0.207 e. The summed E-state index contributed by atoms with van der Waals surface area (Å²) in [6.45, 7) is 1.89. The van der Waals surface area contributed by atoms with Crippen LogP contribution in [0.15, 0.2) is 46.9 Å². The molecule has 0 aliphatic carbocycles. The molecule has 82 valence electrons. The van der Waals surface area contributed by atoms with Crippen molar-refractivity contribution in [2.45, 2.75) is 13.3 Å². The summed E-state index contributed by atoms with van der Waals surface area (Å²) in [5.74, 6) is -0.129. The van der Waals surface area contributed by atoms with Gasteiger partial charge in [0.2, 0.25) is 0 Å². The van der Waals surface area contributed by atoms with Gasteiger partial charge in [0, 0.05) is 10.9 Å². The van der Waals surface area contributed by atoms with E-state index in [2.05, 4.69) is 15.9 Å². The molecular weight excluding hydrogens is 267 g/mol. The summed E-state index contributed by atoms with van der Waals surface area (Å²) in [6, 6.07) is 13.3. The molecule has 2 aromatic carbocycles. The van der Waals surface area contributed by atoms with E-state index in [-0.39, 0.29) is 5.82 Å². The van der Waals surface area contributed by atoms with Crippen molar-refractivity contribution in [1.29, 1.82) is 0 Å². The molecule has 0 aliphatic rings. The molecule has 0 bridgehead atoms. The molecule has 0 heterocycles. The second-order valence-electron chi connectivity index (χ2n) is 3.86. The smallest absolute Gasteiger partial charge is 0.126 e. The summed E-state index contributed by atoms with van der Waals surface area (Å²) in [5, 5.41) is 0. The van der Waals surface area contributed by atoms with Crippen molar-refractivity contribution in [2.24, 2.45) is 0 Å². The molecule has 0 aromatic heterocycles. The topological polar surface area (TPSA) is 0 Å². The lowest BCUT2D eigenvalue weighted by atomic mass is 10.0. The van der Waals surface area contributed by atoms with Gasteiger partial charge in [-0.15, -0.1) is 0 Å². The zero-order valence-corrected chi connectivity index (χ0v) is 10.6. The standard InChI is InChI=1S/C14H12BrF/c1-10-6-7-12(14(16)8-10)9-11-4-2-3-5-13(11)15/h2-8H,9H2,1H3.